The summed E-state index contributed by atoms with van der Waals surface area (Å²) in [4.78, 5) is 10.9. The number of hydrogen-bond acceptors (Lipinski definition) is 1. The van der Waals surface area contributed by atoms with Crippen LogP contribution in [0.15, 0.2) is 18.2 Å². The second-order valence-corrected chi connectivity index (χ2v) is 5.30. The fourth-order valence-corrected chi connectivity index (χ4v) is 2.72. The molecule has 1 aliphatic carbocycles. The minimum Gasteiger partial charge on any atom is -0.481 e. The van der Waals surface area contributed by atoms with E-state index >= 15 is 0 Å². The molecule has 2 heteroatoms. The summed E-state index contributed by atoms with van der Waals surface area (Å²) in [5.74, 6) is 0.0772. The van der Waals surface area contributed by atoms with Crippen molar-refractivity contribution in [3.63, 3.8) is 0 Å². The Morgan fingerprint density at radius 1 is 1.47 bits per heavy atom. The van der Waals surface area contributed by atoms with E-state index in [4.69, 9.17) is 5.11 Å². The van der Waals surface area contributed by atoms with Gasteiger partial charge in [-0.1, -0.05) is 32.0 Å². The summed E-state index contributed by atoms with van der Waals surface area (Å²) in [7, 11) is 0. The molecule has 1 aromatic carbocycles. The molecule has 0 heterocycles. The lowest BCUT2D eigenvalue weighted by molar-refractivity contribution is -0.137. The molecule has 0 aliphatic heterocycles. The zero-order valence-corrected chi connectivity index (χ0v) is 10.6. The molecule has 1 N–H and O–H groups in total. The predicted molar refractivity (Wildman–Crippen MR) is 68.5 cm³/mol. The van der Waals surface area contributed by atoms with Gasteiger partial charge in [0.15, 0.2) is 0 Å². The Morgan fingerprint density at radius 2 is 2.24 bits per heavy atom. The van der Waals surface area contributed by atoms with Crippen LogP contribution in [0.2, 0.25) is 0 Å². The zero-order valence-electron chi connectivity index (χ0n) is 10.6. The fourth-order valence-electron chi connectivity index (χ4n) is 2.72. The van der Waals surface area contributed by atoms with Crippen LogP contribution in [-0.2, 0) is 11.2 Å². The van der Waals surface area contributed by atoms with Gasteiger partial charge < -0.3 is 5.11 Å². The number of fused-ring (bicyclic) bond motifs is 1. The molecule has 0 amide bonds. The smallest absolute Gasteiger partial charge is 0.303 e. The number of aryl methyl sites for hydroxylation is 1. The van der Waals surface area contributed by atoms with Crippen molar-refractivity contribution in [3.05, 3.63) is 34.9 Å². The maximum atomic E-state index is 10.9. The van der Waals surface area contributed by atoms with Gasteiger partial charge in [0.2, 0.25) is 0 Å². The van der Waals surface area contributed by atoms with Gasteiger partial charge in [-0.05, 0) is 47.8 Å². The third-order valence-corrected chi connectivity index (χ3v) is 3.69. The first-order chi connectivity index (χ1) is 8.08. The van der Waals surface area contributed by atoms with Crippen molar-refractivity contribution in [1.82, 2.24) is 0 Å². The SMILES string of the molecule is CC(C)c1ccc2c(c1)CCCC2CC(=O)O. The summed E-state index contributed by atoms with van der Waals surface area (Å²) in [6, 6.07) is 6.58. The zero-order chi connectivity index (χ0) is 12.4. The standard InChI is InChI=1S/C15H20O2/c1-10(2)11-6-7-14-12(8-11)4-3-5-13(14)9-15(16)17/h6-8,10,13H,3-5,9H2,1-2H3,(H,16,17). The minimum absolute atomic E-state index is 0.220. The number of carbonyl (C=O) groups is 1. The molecule has 2 nitrogen and oxygen atoms in total. The van der Waals surface area contributed by atoms with Gasteiger partial charge >= 0.3 is 5.97 Å². The Bertz CT molecular complexity index is 421. The molecule has 0 saturated carbocycles. The maximum Gasteiger partial charge on any atom is 0.303 e. The van der Waals surface area contributed by atoms with Crippen LogP contribution in [0.5, 0.6) is 0 Å². The molecule has 0 radical (unpaired) electrons. The van der Waals surface area contributed by atoms with Crippen LogP contribution < -0.4 is 0 Å². The van der Waals surface area contributed by atoms with E-state index in [0.717, 1.165) is 19.3 Å². The Balaban J connectivity index is 2.30. The van der Waals surface area contributed by atoms with E-state index in [-0.39, 0.29) is 12.3 Å². The van der Waals surface area contributed by atoms with Crippen LogP contribution >= 0.6 is 0 Å². The highest BCUT2D eigenvalue weighted by Crippen LogP contribution is 2.35. The Kier molecular flexibility index (Phi) is 3.51. The topological polar surface area (TPSA) is 37.3 Å². The summed E-state index contributed by atoms with van der Waals surface area (Å²) in [6.07, 6.45) is 3.51. The Hall–Kier alpha value is -1.31. The van der Waals surface area contributed by atoms with Gasteiger partial charge in [-0.2, -0.15) is 0 Å². The molecule has 1 aromatic rings. The third-order valence-electron chi connectivity index (χ3n) is 3.69. The van der Waals surface area contributed by atoms with E-state index in [1.165, 1.54) is 16.7 Å². The van der Waals surface area contributed by atoms with Crippen LogP contribution in [0.1, 0.15) is 61.6 Å². The van der Waals surface area contributed by atoms with Gasteiger partial charge in [-0.3, -0.25) is 4.79 Å². The molecule has 0 spiro atoms. The molecule has 92 valence electrons. The van der Waals surface area contributed by atoms with Gasteiger partial charge in [0, 0.05) is 0 Å². The number of carboxylic acids is 1. The number of carboxylic acid groups (broad SMARTS) is 1. The van der Waals surface area contributed by atoms with Crippen molar-refractivity contribution in [1.29, 1.82) is 0 Å². The summed E-state index contributed by atoms with van der Waals surface area (Å²) in [6.45, 7) is 4.39. The Labute approximate surface area is 103 Å². The van der Waals surface area contributed by atoms with Crippen LogP contribution in [0.3, 0.4) is 0 Å². The van der Waals surface area contributed by atoms with Crippen molar-refractivity contribution >= 4 is 5.97 Å². The lowest BCUT2D eigenvalue weighted by Gasteiger charge is -2.25. The highest BCUT2D eigenvalue weighted by atomic mass is 16.4. The fraction of sp³-hybridized carbons (Fsp3) is 0.533. The van der Waals surface area contributed by atoms with E-state index in [2.05, 4.69) is 32.0 Å². The molecule has 1 atom stereocenters. The number of benzene rings is 1. The van der Waals surface area contributed by atoms with Crippen LogP contribution in [0.25, 0.3) is 0 Å². The largest absolute Gasteiger partial charge is 0.481 e. The van der Waals surface area contributed by atoms with Crippen molar-refractivity contribution in [3.8, 4) is 0 Å². The molecule has 0 aromatic heterocycles. The number of rotatable bonds is 3. The molecular weight excluding hydrogens is 212 g/mol. The highest BCUT2D eigenvalue weighted by molar-refractivity contribution is 5.68. The lowest BCUT2D eigenvalue weighted by atomic mass is 9.80. The molecular formula is C15H20O2. The first-order valence-corrected chi connectivity index (χ1v) is 6.42. The van der Waals surface area contributed by atoms with Crippen LogP contribution in [-0.4, -0.2) is 11.1 Å². The van der Waals surface area contributed by atoms with Crippen molar-refractivity contribution < 1.29 is 9.90 Å². The second-order valence-electron chi connectivity index (χ2n) is 5.30. The van der Waals surface area contributed by atoms with E-state index in [0.29, 0.717) is 5.92 Å². The molecule has 2 rings (SSSR count). The minimum atomic E-state index is -0.684. The van der Waals surface area contributed by atoms with Crippen LogP contribution in [0.4, 0.5) is 0 Å². The van der Waals surface area contributed by atoms with Crippen molar-refractivity contribution in [2.45, 2.75) is 51.4 Å². The summed E-state index contributed by atoms with van der Waals surface area (Å²) in [5, 5.41) is 8.93. The molecule has 1 aliphatic rings. The van der Waals surface area contributed by atoms with Crippen molar-refractivity contribution in [2.24, 2.45) is 0 Å². The highest BCUT2D eigenvalue weighted by Gasteiger charge is 2.22. The van der Waals surface area contributed by atoms with Gasteiger partial charge in [0.1, 0.15) is 0 Å². The number of hydrogen-bond donors (Lipinski definition) is 1. The van der Waals surface area contributed by atoms with Gasteiger partial charge in [0.05, 0.1) is 6.42 Å². The van der Waals surface area contributed by atoms with E-state index in [9.17, 15) is 4.79 Å². The molecule has 0 saturated heterocycles. The first-order valence-electron chi connectivity index (χ1n) is 6.42. The summed E-state index contributed by atoms with van der Waals surface area (Å²) < 4.78 is 0. The molecule has 0 bridgehead atoms. The van der Waals surface area contributed by atoms with E-state index in [1.54, 1.807) is 0 Å². The normalized spacial score (nSPS) is 19.1. The summed E-state index contributed by atoms with van der Waals surface area (Å²) in [5.41, 5.74) is 4.00. The van der Waals surface area contributed by atoms with Crippen LogP contribution in [0, 0.1) is 0 Å². The third kappa shape index (κ3) is 2.68. The monoisotopic (exact) mass is 232 g/mol. The van der Waals surface area contributed by atoms with Crippen molar-refractivity contribution in [2.75, 3.05) is 0 Å². The van der Waals surface area contributed by atoms with Gasteiger partial charge in [0.25, 0.3) is 0 Å². The average molecular weight is 232 g/mol. The lowest BCUT2D eigenvalue weighted by Crippen LogP contribution is -2.14. The molecule has 1 unspecified atom stereocenters. The van der Waals surface area contributed by atoms with E-state index in [1.807, 2.05) is 0 Å². The number of aliphatic carboxylic acids is 1. The van der Waals surface area contributed by atoms with Gasteiger partial charge in [-0.15, -0.1) is 0 Å². The maximum absolute atomic E-state index is 10.9. The first kappa shape index (κ1) is 12.2. The second kappa shape index (κ2) is 4.91. The summed E-state index contributed by atoms with van der Waals surface area (Å²) >= 11 is 0. The van der Waals surface area contributed by atoms with Gasteiger partial charge in [-0.25, -0.2) is 0 Å². The predicted octanol–water partition coefficient (Wildman–Crippen LogP) is 3.70. The van der Waals surface area contributed by atoms with E-state index < -0.39 is 5.97 Å². The molecule has 0 fully saturated rings. The molecule has 17 heavy (non-hydrogen) atoms. The Morgan fingerprint density at radius 3 is 2.88 bits per heavy atom. The quantitative estimate of drug-likeness (QED) is 0.862. The average Bonchev–Trinajstić information content (AvgIpc) is 2.28.